The minimum Gasteiger partial charge on any atom is -0.497 e. The van der Waals surface area contributed by atoms with Crippen LogP contribution in [-0.2, 0) is 6.42 Å². The molecule has 2 nitrogen and oxygen atoms in total. The van der Waals surface area contributed by atoms with Crippen molar-refractivity contribution in [2.75, 3.05) is 7.11 Å². The zero-order valence-corrected chi connectivity index (χ0v) is 11.7. The summed E-state index contributed by atoms with van der Waals surface area (Å²) in [5.41, 5.74) is 3.36. The number of methoxy groups -OCH3 is 1. The maximum absolute atomic E-state index is 12.9. The van der Waals surface area contributed by atoms with Gasteiger partial charge >= 0.3 is 0 Å². The van der Waals surface area contributed by atoms with Crippen LogP contribution in [0.15, 0.2) is 48.0 Å². The topological polar surface area (TPSA) is 26.3 Å². The molecule has 0 saturated heterocycles. The Bertz CT molecular complexity index is 714. The summed E-state index contributed by atoms with van der Waals surface area (Å²) in [6, 6.07) is 11.7. The molecule has 2 aromatic carbocycles. The van der Waals surface area contributed by atoms with Gasteiger partial charge in [0.1, 0.15) is 11.6 Å². The van der Waals surface area contributed by atoms with Gasteiger partial charge in [-0.2, -0.15) is 0 Å². The molecule has 0 atom stereocenters. The summed E-state index contributed by atoms with van der Waals surface area (Å²) in [6.45, 7) is 0. The quantitative estimate of drug-likeness (QED) is 0.777. The molecule has 3 heteroatoms. The van der Waals surface area contributed by atoms with Gasteiger partial charge in [-0.15, -0.1) is 0 Å². The van der Waals surface area contributed by atoms with Gasteiger partial charge in [0.15, 0.2) is 5.78 Å². The van der Waals surface area contributed by atoms with Crippen molar-refractivity contribution in [1.82, 2.24) is 0 Å². The van der Waals surface area contributed by atoms with Crippen molar-refractivity contribution >= 4 is 11.9 Å². The van der Waals surface area contributed by atoms with E-state index in [0.717, 1.165) is 34.4 Å². The molecule has 1 aliphatic carbocycles. The van der Waals surface area contributed by atoms with E-state index in [1.54, 1.807) is 25.3 Å². The third-order valence-corrected chi connectivity index (χ3v) is 3.72. The van der Waals surface area contributed by atoms with Gasteiger partial charge in [0.25, 0.3) is 0 Å². The van der Waals surface area contributed by atoms with Crippen LogP contribution in [0.5, 0.6) is 5.75 Å². The average molecular weight is 282 g/mol. The van der Waals surface area contributed by atoms with Gasteiger partial charge in [-0.25, -0.2) is 4.39 Å². The molecule has 3 rings (SSSR count). The first kappa shape index (κ1) is 13.6. The maximum Gasteiger partial charge on any atom is 0.189 e. The van der Waals surface area contributed by atoms with E-state index in [2.05, 4.69) is 0 Å². The summed E-state index contributed by atoms with van der Waals surface area (Å²) in [7, 11) is 1.62. The highest BCUT2D eigenvalue weighted by atomic mass is 19.1. The Labute approximate surface area is 122 Å². The molecule has 0 N–H and O–H groups in total. The lowest BCUT2D eigenvalue weighted by Crippen LogP contribution is -2.14. The number of ketones is 1. The smallest absolute Gasteiger partial charge is 0.189 e. The number of hydrogen-bond donors (Lipinski definition) is 0. The summed E-state index contributed by atoms with van der Waals surface area (Å²) in [5.74, 6) is 0.542. The van der Waals surface area contributed by atoms with Gasteiger partial charge in [-0.05, 0) is 60.4 Å². The first-order valence-electron chi connectivity index (χ1n) is 6.85. The van der Waals surface area contributed by atoms with Crippen molar-refractivity contribution in [2.24, 2.45) is 0 Å². The fourth-order valence-corrected chi connectivity index (χ4v) is 2.58. The van der Waals surface area contributed by atoms with Crippen molar-refractivity contribution in [3.8, 4) is 5.75 Å². The molecule has 0 heterocycles. The Morgan fingerprint density at radius 3 is 2.57 bits per heavy atom. The number of fused-ring (bicyclic) bond motifs is 1. The number of carbonyl (C=O) groups excluding carboxylic acids is 1. The molecule has 0 aromatic heterocycles. The third kappa shape index (κ3) is 2.72. The van der Waals surface area contributed by atoms with Crippen LogP contribution in [0.2, 0.25) is 0 Å². The predicted octanol–water partition coefficient (Wildman–Crippen LogP) is 4.05. The van der Waals surface area contributed by atoms with Gasteiger partial charge in [-0.3, -0.25) is 4.79 Å². The zero-order chi connectivity index (χ0) is 14.8. The van der Waals surface area contributed by atoms with E-state index >= 15 is 0 Å². The van der Waals surface area contributed by atoms with Crippen LogP contribution >= 0.6 is 0 Å². The first-order valence-corrected chi connectivity index (χ1v) is 6.85. The Hall–Kier alpha value is -2.42. The summed E-state index contributed by atoms with van der Waals surface area (Å²) in [5, 5.41) is 0. The second-order valence-electron chi connectivity index (χ2n) is 5.07. The third-order valence-electron chi connectivity index (χ3n) is 3.72. The van der Waals surface area contributed by atoms with Crippen LogP contribution in [0.3, 0.4) is 0 Å². The van der Waals surface area contributed by atoms with E-state index in [4.69, 9.17) is 4.74 Å². The zero-order valence-electron chi connectivity index (χ0n) is 11.7. The highest BCUT2D eigenvalue weighted by Crippen LogP contribution is 2.29. The lowest BCUT2D eigenvalue weighted by atomic mass is 9.86. The van der Waals surface area contributed by atoms with Crippen molar-refractivity contribution < 1.29 is 13.9 Å². The summed E-state index contributed by atoms with van der Waals surface area (Å²) in [6.07, 6.45) is 3.34. The number of carbonyl (C=O) groups is 1. The second kappa shape index (κ2) is 5.52. The SMILES string of the molecule is COc1ccc2c(c1)CC/C(=C\c1ccc(F)cc1)C2=O. The largest absolute Gasteiger partial charge is 0.497 e. The minimum atomic E-state index is -0.274. The monoisotopic (exact) mass is 282 g/mol. The molecule has 0 radical (unpaired) electrons. The Kier molecular flexibility index (Phi) is 3.57. The molecule has 2 aromatic rings. The number of Topliss-reactive ketones (excluding diaryl/α,β-unsaturated/α-hetero) is 1. The summed E-state index contributed by atoms with van der Waals surface area (Å²) >= 11 is 0. The van der Waals surface area contributed by atoms with Crippen LogP contribution in [0, 0.1) is 5.82 Å². The number of aryl methyl sites for hydroxylation is 1. The lowest BCUT2D eigenvalue weighted by molar-refractivity contribution is 0.102. The Balaban J connectivity index is 1.93. The number of halogens is 1. The van der Waals surface area contributed by atoms with Crippen LogP contribution < -0.4 is 4.74 Å². The molecular weight excluding hydrogens is 267 g/mol. The number of hydrogen-bond acceptors (Lipinski definition) is 2. The number of ether oxygens (including phenoxy) is 1. The van der Waals surface area contributed by atoms with Crippen molar-refractivity contribution in [1.29, 1.82) is 0 Å². The Morgan fingerprint density at radius 1 is 1.10 bits per heavy atom. The second-order valence-corrected chi connectivity index (χ2v) is 5.07. The lowest BCUT2D eigenvalue weighted by Gasteiger charge is -2.18. The molecule has 0 spiro atoms. The van der Waals surface area contributed by atoms with Crippen molar-refractivity contribution in [3.05, 3.63) is 70.5 Å². The molecule has 0 bridgehead atoms. The highest BCUT2D eigenvalue weighted by molar-refractivity contribution is 6.13. The fourth-order valence-electron chi connectivity index (χ4n) is 2.58. The molecule has 21 heavy (non-hydrogen) atoms. The minimum absolute atomic E-state index is 0.0447. The summed E-state index contributed by atoms with van der Waals surface area (Å²) in [4.78, 5) is 12.5. The van der Waals surface area contributed by atoms with Crippen LogP contribution in [0.25, 0.3) is 6.08 Å². The normalized spacial score (nSPS) is 15.9. The molecule has 0 unspecified atom stereocenters. The van der Waals surface area contributed by atoms with E-state index < -0.39 is 0 Å². The van der Waals surface area contributed by atoms with Crippen molar-refractivity contribution in [2.45, 2.75) is 12.8 Å². The molecule has 0 aliphatic heterocycles. The van der Waals surface area contributed by atoms with E-state index in [9.17, 15) is 9.18 Å². The van der Waals surface area contributed by atoms with Gasteiger partial charge in [0.05, 0.1) is 7.11 Å². The van der Waals surface area contributed by atoms with Crippen LogP contribution in [0.4, 0.5) is 4.39 Å². The highest BCUT2D eigenvalue weighted by Gasteiger charge is 2.22. The average Bonchev–Trinajstić information content (AvgIpc) is 2.52. The van der Waals surface area contributed by atoms with E-state index in [0.29, 0.717) is 6.42 Å². The number of benzene rings is 2. The van der Waals surface area contributed by atoms with E-state index in [-0.39, 0.29) is 11.6 Å². The predicted molar refractivity (Wildman–Crippen MR) is 80.0 cm³/mol. The molecule has 0 saturated carbocycles. The van der Waals surface area contributed by atoms with Crippen LogP contribution in [-0.4, -0.2) is 12.9 Å². The van der Waals surface area contributed by atoms with E-state index in [1.807, 2.05) is 18.2 Å². The molecule has 106 valence electrons. The summed E-state index contributed by atoms with van der Waals surface area (Å²) < 4.78 is 18.1. The molecule has 1 aliphatic rings. The fraction of sp³-hybridized carbons (Fsp3) is 0.167. The first-order chi connectivity index (χ1) is 10.2. The van der Waals surface area contributed by atoms with Crippen molar-refractivity contribution in [3.63, 3.8) is 0 Å². The van der Waals surface area contributed by atoms with Gasteiger partial charge in [0, 0.05) is 11.1 Å². The maximum atomic E-state index is 12.9. The van der Waals surface area contributed by atoms with Crippen LogP contribution in [0.1, 0.15) is 27.9 Å². The molecule has 0 amide bonds. The Morgan fingerprint density at radius 2 is 1.86 bits per heavy atom. The van der Waals surface area contributed by atoms with Gasteiger partial charge in [-0.1, -0.05) is 12.1 Å². The molecule has 0 fully saturated rings. The number of rotatable bonds is 2. The van der Waals surface area contributed by atoms with E-state index in [1.165, 1.54) is 12.1 Å². The number of allylic oxidation sites excluding steroid dienone is 1. The van der Waals surface area contributed by atoms with Gasteiger partial charge < -0.3 is 4.74 Å². The standard InChI is InChI=1S/C18H15FO2/c1-21-16-8-9-17-13(11-16)4-5-14(18(17)20)10-12-2-6-15(19)7-3-12/h2-3,6-11H,4-5H2,1H3/b14-10+. The van der Waals surface area contributed by atoms with Gasteiger partial charge in [0.2, 0.25) is 0 Å². The molecular formula is C18H15FO2.